The van der Waals surface area contributed by atoms with Gasteiger partial charge in [-0.25, -0.2) is 9.97 Å². The third-order valence-electron chi connectivity index (χ3n) is 4.97. The molecule has 4 nitrogen and oxygen atoms in total. The lowest BCUT2D eigenvalue weighted by Crippen LogP contribution is -2.15. The van der Waals surface area contributed by atoms with Gasteiger partial charge in [-0.05, 0) is 54.8 Å². The van der Waals surface area contributed by atoms with E-state index in [4.69, 9.17) is 33.2 Å². The quantitative estimate of drug-likeness (QED) is 0.332. The second-order valence-electron chi connectivity index (χ2n) is 7.16. The highest BCUT2D eigenvalue weighted by Crippen LogP contribution is 2.33. The van der Waals surface area contributed by atoms with Crippen LogP contribution >= 0.6 is 34.5 Å². The highest BCUT2D eigenvalue weighted by molar-refractivity contribution is 7.18. The number of rotatable bonds is 7. The summed E-state index contributed by atoms with van der Waals surface area (Å²) < 4.78 is 0. The van der Waals surface area contributed by atoms with Crippen molar-refractivity contribution in [2.75, 3.05) is 5.32 Å². The third kappa shape index (κ3) is 4.93. The minimum absolute atomic E-state index is 0.587. The molecule has 0 bridgehead atoms. The fraction of sp³-hybridized carbons (Fsp3) is 0.217. The van der Waals surface area contributed by atoms with Crippen molar-refractivity contribution in [2.45, 2.75) is 33.5 Å². The molecule has 0 amide bonds. The van der Waals surface area contributed by atoms with Gasteiger partial charge in [0.05, 0.1) is 11.9 Å². The predicted octanol–water partition coefficient (Wildman–Crippen LogP) is 6.52. The number of fused-ring (bicyclic) bond motifs is 1. The number of benzene rings is 2. The molecule has 2 heterocycles. The van der Waals surface area contributed by atoms with Gasteiger partial charge in [-0.1, -0.05) is 47.5 Å². The first-order valence-corrected chi connectivity index (χ1v) is 11.3. The molecule has 2 N–H and O–H groups in total. The average molecular weight is 457 g/mol. The Labute approximate surface area is 190 Å². The highest BCUT2D eigenvalue weighted by atomic mass is 35.5. The van der Waals surface area contributed by atoms with Gasteiger partial charge >= 0.3 is 0 Å². The van der Waals surface area contributed by atoms with E-state index in [0.717, 1.165) is 44.0 Å². The van der Waals surface area contributed by atoms with Crippen LogP contribution in [0.2, 0.25) is 10.0 Å². The Morgan fingerprint density at radius 3 is 2.03 bits per heavy atom. The summed E-state index contributed by atoms with van der Waals surface area (Å²) in [7, 11) is 0. The van der Waals surface area contributed by atoms with Crippen molar-refractivity contribution >= 4 is 50.6 Å². The summed E-state index contributed by atoms with van der Waals surface area (Å²) in [6.45, 7) is 6.25. The molecule has 154 valence electrons. The maximum absolute atomic E-state index is 6.00. The molecule has 2 aromatic carbocycles. The predicted molar refractivity (Wildman–Crippen MR) is 128 cm³/mol. The largest absolute Gasteiger partial charge is 0.365 e. The molecule has 2 aromatic heterocycles. The highest BCUT2D eigenvalue weighted by Gasteiger charge is 2.14. The zero-order valence-corrected chi connectivity index (χ0v) is 19.1. The van der Waals surface area contributed by atoms with Crippen molar-refractivity contribution in [3.63, 3.8) is 0 Å². The first kappa shape index (κ1) is 21.1. The summed E-state index contributed by atoms with van der Waals surface area (Å²) >= 11 is 13.7. The second kappa shape index (κ2) is 9.31. The number of halogens is 2. The van der Waals surface area contributed by atoms with Gasteiger partial charge in [0.25, 0.3) is 0 Å². The van der Waals surface area contributed by atoms with Crippen LogP contribution < -0.4 is 10.6 Å². The molecule has 4 aromatic rings. The lowest BCUT2D eigenvalue weighted by molar-refractivity contribution is 0.666. The lowest BCUT2D eigenvalue weighted by atomic mass is 10.2. The zero-order valence-electron chi connectivity index (χ0n) is 16.8. The number of thiophene rings is 1. The van der Waals surface area contributed by atoms with Crippen molar-refractivity contribution in [1.82, 2.24) is 15.3 Å². The Kier molecular flexibility index (Phi) is 6.54. The maximum Gasteiger partial charge on any atom is 0.146 e. The minimum Gasteiger partial charge on any atom is -0.365 e. The molecule has 0 aliphatic heterocycles. The maximum atomic E-state index is 6.00. The van der Waals surface area contributed by atoms with E-state index in [-0.39, 0.29) is 0 Å². The van der Waals surface area contributed by atoms with Gasteiger partial charge in [-0.3, -0.25) is 0 Å². The van der Waals surface area contributed by atoms with Crippen LogP contribution in [0.5, 0.6) is 0 Å². The molecule has 0 radical (unpaired) electrons. The number of hydrogen-bond acceptors (Lipinski definition) is 5. The number of nitrogens with zero attached hydrogens (tertiary/aromatic N) is 2. The molecule has 7 heteroatoms. The number of nitrogens with one attached hydrogen (secondary N) is 2. The van der Waals surface area contributed by atoms with Crippen LogP contribution in [0.25, 0.3) is 10.2 Å². The molecule has 0 atom stereocenters. The Balaban J connectivity index is 1.53. The number of aromatic nitrogens is 2. The Morgan fingerprint density at radius 2 is 1.40 bits per heavy atom. The van der Waals surface area contributed by atoms with Gasteiger partial charge in [0.1, 0.15) is 16.5 Å². The van der Waals surface area contributed by atoms with E-state index in [1.807, 2.05) is 48.5 Å². The first-order chi connectivity index (χ1) is 14.5. The molecular weight excluding hydrogens is 435 g/mol. The monoisotopic (exact) mass is 456 g/mol. The van der Waals surface area contributed by atoms with Gasteiger partial charge < -0.3 is 10.6 Å². The Hall–Kier alpha value is -2.18. The summed E-state index contributed by atoms with van der Waals surface area (Å²) in [5.41, 5.74) is 3.55. The molecule has 0 saturated heterocycles. The summed E-state index contributed by atoms with van der Waals surface area (Å²) in [5.74, 6) is 1.65. The third-order valence-corrected chi connectivity index (χ3v) is 6.58. The van der Waals surface area contributed by atoms with Crippen molar-refractivity contribution in [3.05, 3.63) is 86.0 Å². The van der Waals surface area contributed by atoms with E-state index in [9.17, 15) is 0 Å². The summed E-state index contributed by atoms with van der Waals surface area (Å²) in [4.78, 5) is 11.9. The number of anilines is 1. The van der Waals surface area contributed by atoms with E-state index in [0.29, 0.717) is 13.1 Å². The average Bonchev–Trinajstić information content (AvgIpc) is 3.02. The van der Waals surface area contributed by atoms with Crippen molar-refractivity contribution in [3.8, 4) is 0 Å². The summed E-state index contributed by atoms with van der Waals surface area (Å²) in [6, 6.07) is 15.7. The minimum atomic E-state index is 0.587. The van der Waals surface area contributed by atoms with E-state index in [1.165, 1.54) is 16.0 Å². The Bertz CT molecular complexity index is 1150. The van der Waals surface area contributed by atoms with Crippen LogP contribution in [-0.4, -0.2) is 9.97 Å². The first-order valence-electron chi connectivity index (χ1n) is 9.69. The van der Waals surface area contributed by atoms with Crippen LogP contribution in [0.3, 0.4) is 0 Å². The zero-order chi connectivity index (χ0) is 21.1. The summed E-state index contributed by atoms with van der Waals surface area (Å²) in [5, 5.41) is 9.51. The van der Waals surface area contributed by atoms with Gasteiger partial charge in [0.15, 0.2) is 0 Å². The molecule has 4 rings (SSSR count). The molecular formula is C23H22Cl2N4S. The standard InChI is InChI=1S/C23H22Cl2N4S/c1-14-15(2)30-23-21(14)22(27-12-17-5-9-19(25)10-6-17)28-20(29-23)13-26-11-16-3-7-18(24)8-4-16/h3-10,26H,11-13H2,1-2H3,(H,27,28,29). The summed E-state index contributed by atoms with van der Waals surface area (Å²) in [6.07, 6.45) is 0. The fourth-order valence-electron chi connectivity index (χ4n) is 3.21. The normalized spacial score (nSPS) is 11.2. The van der Waals surface area contributed by atoms with Gasteiger partial charge in [0.2, 0.25) is 0 Å². The molecule has 0 saturated carbocycles. The van der Waals surface area contributed by atoms with Crippen molar-refractivity contribution in [1.29, 1.82) is 0 Å². The van der Waals surface area contributed by atoms with E-state index >= 15 is 0 Å². The number of hydrogen-bond donors (Lipinski definition) is 2. The second-order valence-corrected chi connectivity index (χ2v) is 9.24. The molecule has 0 aliphatic carbocycles. The Morgan fingerprint density at radius 1 is 0.800 bits per heavy atom. The topological polar surface area (TPSA) is 49.8 Å². The van der Waals surface area contributed by atoms with Gasteiger partial charge in [0, 0.05) is 28.0 Å². The van der Waals surface area contributed by atoms with Crippen LogP contribution in [0.1, 0.15) is 27.4 Å². The van der Waals surface area contributed by atoms with E-state index in [1.54, 1.807) is 11.3 Å². The van der Waals surface area contributed by atoms with E-state index < -0.39 is 0 Å². The van der Waals surface area contributed by atoms with Crippen LogP contribution in [0.4, 0.5) is 5.82 Å². The van der Waals surface area contributed by atoms with Crippen LogP contribution in [-0.2, 0) is 19.6 Å². The SMILES string of the molecule is Cc1sc2nc(CNCc3ccc(Cl)cc3)nc(NCc3ccc(Cl)cc3)c2c1C. The molecule has 0 spiro atoms. The van der Waals surface area contributed by atoms with Crippen molar-refractivity contribution in [2.24, 2.45) is 0 Å². The van der Waals surface area contributed by atoms with Crippen LogP contribution in [0.15, 0.2) is 48.5 Å². The van der Waals surface area contributed by atoms with E-state index in [2.05, 4.69) is 24.5 Å². The molecule has 0 fully saturated rings. The molecule has 30 heavy (non-hydrogen) atoms. The number of aryl methyl sites for hydroxylation is 2. The van der Waals surface area contributed by atoms with Crippen molar-refractivity contribution < 1.29 is 0 Å². The lowest BCUT2D eigenvalue weighted by Gasteiger charge is -2.11. The molecule has 0 unspecified atom stereocenters. The molecule has 0 aliphatic rings. The van der Waals surface area contributed by atoms with Gasteiger partial charge in [-0.15, -0.1) is 11.3 Å². The van der Waals surface area contributed by atoms with Crippen LogP contribution in [0, 0.1) is 13.8 Å². The smallest absolute Gasteiger partial charge is 0.146 e. The fourth-order valence-corrected chi connectivity index (χ4v) is 4.51. The van der Waals surface area contributed by atoms with Gasteiger partial charge in [-0.2, -0.15) is 0 Å².